The Morgan fingerprint density at radius 1 is 0.304 bits per heavy atom. The van der Waals surface area contributed by atoms with Crippen LogP contribution in [0, 0.1) is 23.7 Å². The van der Waals surface area contributed by atoms with Gasteiger partial charge in [0.25, 0.3) is 0 Å². The van der Waals surface area contributed by atoms with Crippen molar-refractivity contribution < 1.29 is 80.2 Å². The van der Waals surface area contributed by atoms with E-state index in [0.29, 0.717) is 25.7 Å². The number of esters is 4. The summed E-state index contributed by atoms with van der Waals surface area (Å²) < 4.78 is 68.3. The number of carbonyl (C=O) groups is 4. The minimum absolute atomic E-state index is 0.102. The van der Waals surface area contributed by atoms with Crippen molar-refractivity contribution >= 4 is 39.5 Å². The highest BCUT2D eigenvalue weighted by Crippen LogP contribution is 2.45. The van der Waals surface area contributed by atoms with Gasteiger partial charge in [-0.25, -0.2) is 9.13 Å². The van der Waals surface area contributed by atoms with Gasteiger partial charge in [0.05, 0.1) is 26.4 Å². The molecule has 4 unspecified atom stereocenters. The van der Waals surface area contributed by atoms with E-state index >= 15 is 0 Å². The molecular formula is C73H142O17P2. The van der Waals surface area contributed by atoms with E-state index in [4.69, 9.17) is 37.0 Å². The maximum atomic E-state index is 13.0. The van der Waals surface area contributed by atoms with E-state index < -0.39 is 97.5 Å². The van der Waals surface area contributed by atoms with Crippen molar-refractivity contribution in [1.29, 1.82) is 0 Å². The summed E-state index contributed by atoms with van der Waals surface area (Å²) in [5.74, 6) is 0.886. The molecule has 0 aliphatic carbocycles. The van der Waals surface area contributed by atoms with E-state index in [1.54, 1.807) is 0 Å². The van der Waals surface area contributed by atoms with Crippen LogP contribution in [0.2, 0.25) is 0 Å². The van der Waals surface area contributed by atoms with Crippen molar-refractivity contribution in [1.82, 2.24) is 0 Å². The third-order valence-corrected chi connectivity index (χ3v) is 19.4. The van der Waals surface area contributed by atoms with Crippen molar-refractivity contribution in [2.75, 3.05) is 39.6 Å². The van der Waals surface area contributed by atoms with Gasteiger partial charge in [0, 0.05) is 25.7 Å². The Balaban J connectivity index is 5.21. The van der Waals surface area contributed by atoms with E-state index in [0.717, 1.165) is 120 Å². The molecule has 546 valence electrons. The van der Waals surface area contributed by atoms with Gasteiger partial charge in [0.1, 0.15) is 19.3 Å². The zero-order valence-electron chi connectivity index (χ0n) is 60.2. The van der Waals surface area contributed by atoms with Crippen LogP contribution in [0.1, 0.15) is 364 Å². The molecule has 0 fully saturated rings. The summed E-state index contributed by atoms with van der Waals surface area (Å²) >= 11 is 0. The van der Waals surface area contributed by atoms with Gasteiger partial charge in [-0.05, 0) is 49.4 Å². The molecule has 0 heterocycles. The van der Waals surface area contributed by atoms with Gasteiger partial charge in [-0.3, -0.25) is 37.3 Å². The molecule has 17 nitrogen and oxygen atoms in total. The highest BCUT2D eigenvalue weighted by molar-refractivity contribution is 7.47. The van der Waals surface area contributed by atoms with Gasteiger partial charge < -0.3 is 33.8 Å². The average molecular weight is 1350 g/mol. The topological polar surface area (TPSA) is 237 Å². The molecule has 3 N–H and O–H groups in total. The molecule has 0 aromatic rings. The number of aliphatic hydroxyl groups is 1. The van der Waals surface area contributed by atoms with Crippen LogP contribution < -0.4 is 0 Å². The quantitative estimate of drug-likeness (QED) is 0.0222. The number of hydrogen-bond acceptors (Lipinski definition) is 15. The van der Waals surface area contributed by atoms with Crippen LogP contribution in [0.4, 0.5) is 0 Å². The summed E-state index contributed by atoms with van der Waals surface area (Å²) in [4.78, 5) is 72.6. The minimum Gasteiger partial charge on any atom is -0.462 e. The van der Waals surface area contributed by atoms with Crippen LogP contribution in [0.3, 0.4) is 0 Å². The van der Waals surface area contributed by atoms with Crippen LogP contribution in [-0.2, 0) is 65.4 Å². The van der Waals surface area contributed by atoms with Gasteiger partial charge in [-0.1, -0.05) is 312 Å². The zero-order chi connectivity index (χ0) is 68.2. The van der Waals surface area contributed by atoms with Crippen molar-refractivity contribution in [3.63, 3.8) is 0 Å². The summed E-state index contributed by atoms with van der Waals surface area (Å²) in [5, 5.41) is 10.6. The van der Waals surface area contributed by atoms with E-state index in [2.05, 4.69) is 55.4 Å². The van der Waals surface area contributed by atoms with Gasteiger partial charge in [0.2, 0.25) is 0 Å². The molecule has 0 amide bonds. The Morgan fingerprint density at radius 2 is 0.522 bits per heavy atom. The van der Waals surface area contributed by atoms with Crippen LogP contribution >= 0.6 is 15.6 Å². The smallest absolute Gasteiger partial charge is 0.462 e. The number of phosphoric acid groups is 2. The highest BCUT2D eigenvalue weighted by Gasteiger charge is 2.30. The van der Waals surface area contributed by atoms with Gasteiger partial charge in [0.15, 0.2) is 12.2 Å². The number of rotatable bonds is 70. The molecule has 0 aliphatic heterocycles. The molecule has 92 heavy (non-hydrogen) atoms. The number of unbranched alkanes of at least 4 members (excludes halogenated alkanes) is 34. The lowest BCUT2D eigenvalue weighted by atomic mass is 10.00. The Kier molecular flexibility index (Phi) is 61.3. The zero-order valence-corrected chi connectivity index (χ0v) is 62.0. The van der Waals surface area contributed by atoms with Crippen molar-refractivity contribution in [2.45, 2.75) is 382 Å². The SMILES string of the molecule is CCC(C)CCCCCCCCC(=O)OC[C@H](COP(=O)(O)OC[C@H](O)COP(=O)(O)OC[C@@H](COC(=O)CCCCCCCCCCCCCCCCCCC(C)C)OC(=O)CCCCCCCCCCCCC(C)C)OC(=O)CCCCCCCCC(C)CC. The molecule has 0 spiro atoms. The molecule has 0 aromatic carbocycles. The van der Waals surface area contributed by atoms with E-state index in [1.165, 1.54) is 161 Å². The molecule has 0 aromatic heterocycles. The van der Waals surface area contributed by atoms with E-state index in [9.17, 15) is 43.2 Å². The standard InChI is InChI=1S/C73H142O17P2/c1-9-65(7)51-43-35-29-31-38-46-54-71(76)84-60-69(90-73(78)56-48-40-32-30-36-44-52-66(8)10-2)62-88-92(81,82)86-58-67(74)57-85-91(79,80)87-61-68(89-72(77)55-47-39-28-24-20-19-22-26-34-42-50-64(5)6)59-83-70(75)53-45-37-27-23-18-16-14-12-11-13-15-17-21-25-33-41-49-63(3)4/h63-69,74H,9-62H2,1-8H3,(H,79,80)(H,81,82)/t65?,66?,67-,68-,69-/m1/s1. The van der Waals surface area contributed by atoms with Crippen LogP contribution in [-0.4, -0.2) is 96.7 Å². The molecular weight excluding hydrogens is 1210 g/mol. The second-order valence-electron chi connectivity index (χ2n) is 27.8. The van der Waals surface area contributed by atoms with Crippen molar-refractivity contribution in [2.24, 2.45) is 23.7 Å². The number of hydrogen-bond donors (Lipinski definition) is 3. The molecule has 0 aliphatic rings. The Hall–Kier alpha value is -1.94. The van der Waals surface area contributed by atoms with Crippen LogP contribution in [0.25, 0.3) is 0 Å². The molecule has 0 bridgehead atoms. The summed E-state index contributed by atoms with van der Waals surface area (Å²) in [6, 6.07) is 0. The molecule has 7 atom stereocenters. The first-order valence-corrected chi connectivity index (χ1v) is 40.8. The van der Waals surface area contributed by atoms with Gasteiger partial charge in [-0.2, -0.15) is 0 Å². The largest absolute Gasteiger partial charge is 0.472 e. The van der Waals surface area contributed by atoms with Gasteiger partial charge in [-0.15, -0.1) is 0 Å². The summed E-state index contributed by atoms with van der Waals surface area (Å²) in [5.41, 5.74) is 0. The Morgan fingerprint density at radius 3 is 0.772 bits per heavy atom. The second kappa shape index (κ2) is 62.6. The first-order chi connectivity index (χ1) is 44.2. The maximum Gasteiger partial charge on any atom is 0.472 e. The third kappa shape index (κ3) is 64.1. The molecule has 19 heteroatoms. The first kappa shape index (κ1) is 90.1. The minimum atomic E-state index is -4.96. The number of aliphatic hydroxyl groups excluding tert-OH is 1. The molecule has 0 saturated carbocycles. The number of ether oxygens (including phenoxy) is 4. The first-order valence-electron chi connectivity index (χ1n) is 37.8. The number of phosphoric ester groups is 2. The van der Waals surface area contributed by atoms with E-state index in [1.807, 2.05) is 0 Å². The van der Waals surface area contributed by atoms with E-state index in [-0.39, 0.29) is 25.7 Å². The predicted molar refractivity (Wildman–Crippen MR) is 372 cm³/mol. The summed E-state index contributed by atoms with van der Waals surface area (Å²) in [6.45, 7) is 14.1. The summed E-state index contributed by atoms with van der Waals surface area (Å²) in [6.07, 6.45) is 46.0. The molecule has 0 radical (unpaired) electrons. The monoisotopic (exact) mass is 1350 g/mol. The molecule has 0 saturated heterocycles. The normalized spacial score (nSPS) is 14.8. The lowest BCUT2D eigenvalue weighted by Crippen LogP contribution is -2.30. The second-order valence-corrected chi connectivity index (χ2v) is 30.7. The van der Waals surface area contributed by atoms with Crippen LogP contribution in [0.5, 0.6) is 0 Å². The number of carbonyl (C=O) groups excluding carboxylic acids is 4. The summed E-state index contributed by atoms with van der Waals surface area (Å²) in [7, 11) is -9.91. The fraction of sp³-hybridized carbons (Fsp3) is 0.945. The average Bonchev–Trinajstić information content (AvgIpc) is 2.25. The molecule has 0 rings (SSSR count). The Labute approximate surface area is 562 Å². The fourth-order valence-corrected chi connectivity index (χ4v) is 12.5. The lowest BCUT2D eigenvalue weighted by Gasteiger charge is -2.21. The maximum absolute atomic E-state index is 13.0. The predicted octanol–water partition coefficient (Wildman–Crippen LogP) is 20.9. The third-order valence-electron chi connectivity index (χ3n) is 17.5. The lowest BCUT2D eigenvalue weighted by molar-refractivity contribution is -0.161. The van der Waals surface area contributed by atoms with Crippen molar-refractivity contribution in [3.05, 3.63) is 0 Å². The van der Waals surface area contributed by atoms with Gasteiger partial charge >= 0.3 is 39.5 Å². The van der Waals surface area contributed by atoms with Crippen LogP contribution in [0.15, 0.2) is 0 Å². The fourth-order valence-electron chi connectivity index (χ4n) is 11.0. The van der Waals surface area contributed by atoms with Crippen molar-refractivity contribution in [3.8, 4) is 0 Å². The highest BCUT2D eigenvalue weighted by atomic mass is 31.2. The Bertz CT molecular complexity index is 1820.